The lowest BCUT2D eigenvalue weighted by Crippen LogP contribution is -2.40. The van der Waals surface area contributed by atoms with Gasteiger partial charge in [-0.1, -0.05) is 30.7 Å². The molecule has 1 unspecified atom stereocenters. The van der Waals surface area contributed by atoms with Crippen LogP contribution < -0.4 is 10.6 Å². The third-order valence-electron chi connectivity index (χ3n) is 3.19. The van der Waals surface area contributed by atoms with Crippen LogP contribution in [0, 0.1) is 0 Å². The Kier molecular flexibility index (Phi) is 6.37. The predicted octanol–water partition coefficient (Wildman–Crippen LogP) is 1.42. The number of aryl methyl sites for hydroxylation is 1. The van der Waals surface area contributed by atoms with Crippen LogP contribution in [0.5, 0.6) is 0 Å². The smallest absolute Gasteiger partial charge is 0.315 e. The van der Waals surface area contributed by atoms with Gasteiger partial charge < -0.3 is 15.7 Å². The monoisotopic (exact) mass is 337 g/mol. The van der Waals surface area contributed by atoms with E-state index in [0.29, 0.717) is 23.1 Å². The van der Waals surface area contributed by atoms with Gasteiger partial charge in [0.2, 0.25) is 0 Å². The Bertz CT molecular complexity index is 629. The Morgan fingerprint density at radius 1 is 1.35 bits per heavy atom. The molecule has 0 bridgehead atoms. The zero-order valence-corrected chi connectivity index (χ0v) is 13.6. The number of H-pyrrole nitrogens is 1. The molecule has 0 radical (unpaired) electrons. The zero-order chi connectivity index (χ0) is 16.7. The van der Waals surface area contributed by atoms with E-state index in [1.165, 1.54) is 0 Å². The van der Waals surface area contributed by atoms with Crippen molar-refractivity contribution in [3.8, 4) is 0 Å². The van der Waals surface area contributed by atoms with Crippen LogP contribution in [0.3, 0.4) is 0 Å². The first-order valence-electron chi connectivity index (χ1n) is 7.41. The third-order valence-corrected chi connectivity index (χ3v) is 3.45. The molecule has 2 amide bonds. The Labute approximate surface area is 139 Å². The highest BCUT2D eigenvalue weighted by molar-refractivity contribution is 6.30. The van der Waals surface area contributed by atoms with E-state index in [9.17, 15) is 9.90 Å². The van der Waals surface area contributed by atoms with Gasteiger partial charge in [-0.25, -0.2) is 9.78 Å². The number of aromatic nitrogens is 3. The fourth-order valence-corrected chi connectivity index (χ4v) is 2.10. The van der Waals surface area contributed by atoms with Gasteiger partial charge in [-0.05, 0) is 17.7 Å². The molecule has 2 aromatic rings. The van der Waals surface area contributed by atoms with E-state index in [4.69, 9.17) is 11.6 Å². The zero-order valence-electron chi connectivity index (χ0n) is 12.8. The molecule has 1 atom stereocenters. The number of rotatable bonds is 7. The van der Waals surface area contributed by atoms with E-state index in [0.717, 1.165) is 12.0 Å². The minimum absolute atomic E-state index is 0.158. The highest BCUT2D eigenvalue weighted by Gasteiger charge is 2.09. The minimum atomic E-state index is -0.668. The van der Waals surface area contributed by atoms with Gasteiger partial charge in [-0.3, -0.25) is 5.10 Å². The number of nitrogens with one attached hydrogen (secondary N) is 3. The molecule has 1 aromatic heterocycles. The largest absolute Gasteiger partial charge is 0.391 e. The lowest BCUT2D eigenvalue weighted by molar-refractivity contribution is 0.170. The molecule has 2 rings (SSSR count). The second kappa shape index (κ2) is 8.50. The number of nitrogens with zero attached hydrogens (tertiary/aromatic N) is 2. The van der Waals surface area contributed by atoms with Crippen molar-refractivity contribution in [3.63, 3.8) is 0 Å². The Morgan fingerprint density at radius 3 is 2.74 bits per heavy atom. The fourth-order valence-electron chi connectivity index (χ4n) is 1.97. The summed E-state index contributed by atoms with van der Waals surface area (Å²) in [6.07, 6.45) is 0.512. The first kappa shape index (κ1) is 17.2. The number of carbonyl (C=O) groups is 1. The Hall–Kier alpha value is -2.12. The summed E-state index contributed by atoms with van der Waals surface area (Å²) >= 11 is 5.81. The van der Waals surface area contributed by atoms with E-state index < -0.39 is 6.10 Å². The number of aromatic amines is 1. The second-order valence-electron chi connectivity index (χ2n) is 5.10. The Morgan fingerprint density at radius 2 is 2.09 bits per heavy atom. The lowest BCUT2D eigenvalue weighted by Gasteiger charge is -2.12. The number of aliphatic hydroxyl groups excluding tert-OH is 1. The highest BCUT2D eigenvalue weighted by atomic mass is 35.5. The van der Waals surface area contributed by atoms with Crippen LogP contribution in [0.1, 0.15) is 24.1 Å². The summed E-state index contributed by atoms with van der Waals surface area (Å²) in [5.41, 5.74) is 0.956. The molecule has 23 heavy (non-hydrogen) atoms. The van der Waals surface area contributed by atoms with Crippen molar-refractivity contribution < 1.29 is 9.90 Å². The first-order chi connectivity index (χ1) is 11.1. The summed E-state index contributed by atoms with van der Waals surface area (Å²) in [4.78, 5) is 15.9. The number of amides is 2. The van der Waals surface area contributed by atoms with Crippen molar-refractivity contribution in [1.29, 1.82) is 0 Å². The average molecular weight is 338 g/mol. The van der Waals surface area contributed by atoms with Crippen molar-refractivity contribution in [2.24, 2.45) is 0 Å². The molecular formula is C15H20ClN5O2. The van der Waals surface area contributed by atoms with Gasteiger partial charge in [0.25, 0.3) is 0 Å². The van der Waals surface area contributed by atoms with Crippen molar-refractivity contribution in [2.45, 2.75) is 32.4 Å². The molecule has 0 aliphatic rings. The van der Waals surface area contributed by atoms with E-state index in [2.05, 4.69) is 25.8 Å². The predicted molar refractivity (Wildman–Crippen MR) is 87.2 cm³/mol. The fraction of sp³-hybridized carbons (Fsp3) is 0.400. The molecule has 1 heterocycles. The number of hydrogen-bond donors (Lipinski definition) is 4. The van der Waals surface area contributed by atoms with Crippen LogP contribution in [0.15, 0.2) is 24.3 Å². The Balaban J connectivity index is 1.68. The summed E-state index contributed by atoms with van der Waals surface area (Å²) in [7, 11) is 0. The molecule has 0 fully saturated rings. The molecule has 7 nitrogen and oxygen atoms in total. The maximum absolute atomic E-state index is 11.7. The summed E-state index contributed by atoms with van der Waals surface area (Å²) in [6, 6.07) is 6.87. The SMILES string of the molecule is CCc1n[nH]c(CNC(=O)NCC(O)Cc2ccc(Cl)cc2)n1. The second-order valence-corrected chi connectivity index (χ2v) is 5.54. The van der Waals surface area contributed by atoms with Gasteiger partial charge in [-0.15, -0.1) is 0 Å². The number of urea groups is 1. The van der Waals surface area contributed by atoms with Crippen LogP contribution in [0.2, 0.25) is 5.02 Å². The normalized spacial score (nSPS) is 12.0. The van der Waals surface area contributed by atoms with Crippen molar-refractivity contribution >= 4 is 17.6 Å². The van der Waals surface area contributed by atoms with Gasteiger partial charge >= 0.3 is 6.03 Å². The van der Waals surface area contributed by atoms with Crippen LogP contribution in [-0.4, -0.2) is 39.0 Å². The molecule has 0 spiro atoms. The number of aliphatic hydroxyl groups is 1. The lowest BCUT2D eigenvalue weighted by atomic mass is 10.1. The summed E-state index contributed by atoms with van der Waals surface area (Å²) in [5, 5.41) is 22.6. The van der Waals surface area contributed by atoms with Gasteiger partial charge in [-0.2, -0.15) is 5.10 Å². The molecular weight excluding hydrogens is 318 g/mol. The number of hydrogen-bond acceptors (Lipinski definition) is 4. The quantitative estimate of drug-likeness (QED) is 0.613. The van der Waals surface area contributed by atoms with Gasteiger partial charge in [0.15, 0.2) is 5.82 Å². The van der Waals surface area contributed by atoms with E-state index >= 15 is 0 Å². The maximum Gasteiger partial charge on any atom is 0.315 e. The van der Waals surface area contributed by atoms with E-state index in [1.54, 1.807) is 12.1 Å². The maximum atomic E-state index is 11.7. The highest BCUT2D eigenvalue weighted by Crippen LogP contribution is 2.10. The van der Waals surface area contributed by atoms with E-state index in [1.807, 2.05) is 19.1 Å². The molecule has 0 aliphatic heterocycles. The molecule has 0 saturated heterocycles. The third kappa shape index (κ3) is 5.88. The van der Waals surface area contributed by atoms with Crippen LogP contribution >= 0.6 is 11.6 Å². The summed E-state index contributed by atoms with van der Waals surface area (Å²) < 4.78 is 0. The van der Waals surface area contributed by atoms with Crippen LogP contribution in [0.25, 0.3) is 0 Å². The number of benzene rings is 1. The molecule has 124 valence electrons. The van der Waals surface area contributed by atoms with Crippen molar-refractivity contribution in [2.75, 3.05) is 6.54 Å². The number of halogens is 1. The summed E-state index contributed by atoms with van der Waals surface area (Å²) in [5.74, 6) is 1.30. The van der Waals surface area contributed by atoms with Crippen LogP contribution in [-0.2, 0) is 19.4 Å². The topological polar surface area (TPSA) is 103 Å². The molecule has 0 saturated carbocycles. The van der Waals surface area contributed by atoms with Crippen molar-refractivity contribution in [3.05, 3.63) is 46.5 Å². The first-order valence-corrected chi connectivity index (χ1v) is 7.79. The molecule has 1 aromatic carbocycles. The minimum Gasteiger partial charge on any atom is -0.391 e. The molecule has 0 aliphatic carbocycles. The molecule has 8 heteroatoms. The average Bonchev–Trinajstić information content (AvgIpc) is 3.01. The van der Waals surface area contributed by atoms with Crippen molar-refractivity contribution in [1.82, 2.24) is 25.8 Å². The number of carbonyl (C=O) groups excluding carboxylic acids is 1. The van der Waals surface area contributed by atoms with Crippen LogP contribution in [0.4, 0.5) is 4.79 Å². The van der Waals surface area contributed by atoms with Gasteiger partial charge in [0.05, 0.1) is 12.6 Å². The molecule has 4 N–H and O–H groups in total. The van der Waals surface area contributed by atoms with E-state index in [-0.39, 0.29) is 19.1 Å². The standard InChI is InChI=1S/C15H20ClN5O2/c1-2-13-19-14(21-20-13)9-18-15(23)17-8-12(22)7-10-3-5-11(16)6-4-10/h3-6,12,22H,2,7-9H2,1H3,(H2,17,18,23)(H,19,20,21). The van der Waals surface area contributed by atoms with Gasteiger partial charge in [0.1, 0.15) is 5.82 Å². The summed E-state index contributed by atoms with van der Waals surface area (Å²) in [6.45, 7) is 2.37. The van der Waals surface area contributed by atoms with Gasteiger partial charge in [0, 0.05) is 24.4 Å².